The van der Waals surface area contributed by atoms with E-state index in [2.05, 4.69) is 25.8 Å². The number of anilines is 1. The van der Waals surface area contributed by atoms with Crippen molar-refractivity contribution >= 4 is 5.69 Å². The van der Waals surface area contributed by atoms with Crippen LogP contribution >= 0.6 is 0 Å². The molecule has 0 atom stereocenters. The van der Waals surface area contributed by atoms with E-state index in [0.717, 1.165) is 30.7 Å². The fourth-order valence-corrected chi connectivity index (χ4v) is 1.29. The Labute approximate surface area is 91.7 Å². The van der Waals surface area contributed by atoms with Crippen LogP contribution in [-0.2, 0) is 11.2 Å². The fraction of sp³-hybridized carbons (Fsp3) is 0.583. The van der Waals surface area contributed by atoms with Crippen molar-refractivity contribution in [3.05, 3.63) is 24.0 Å². The Bertz CT molecular complexity index is 305. The Morgan fingerprint density at radius 3 is 2.73 bits per heavy atom. The lowest BCUT2D eigenvalue weighted by atomic mass is 10.1. The molecule has 0 radical (unpaired) electrons. The van der Waals surface area contributed by atoms with Gasteiger partial charge in [-0.05, 0) is 45.2 Å². The number of nitrogens with zero attached hydrogens (tertiary/aromatic N) is 1. The van der Waals surface area contributed by atoms with Crippen molar-refractivity contribution in [3.63, 3.8) is 0 Å². The van der Waals surface area contributed by atoms with Crippen LogP contribution in [0.25, 0.3) is 0 Å². The van der Waals surface area contributed by atoms with Crippen LogP contribution in [0.2, 0.25) is 0 Å². The summed E-state index contributed by atoms with van der Waals surface area (Å²) in [6.45, 7) is 6.94. The molecule has 84 valence electrons. The number of nitrogens with two attached hydrogens (primary N) is 1. The first kappa shape index (κ1) is 12.0. The summed E-state index contributed by atoms with van der Waals surface area (Å²) in [5.74, 6) is 0. The zero-order valence-corrected chi connectivity index (χ0v) is 9.79. The summed E-state index contributed by atoms with van der Waals surface area (Å²) in [4.78, 5) is 4.05. The molecule has 1 aromatic rings. The lowest BCUT2D eigenvalue weighted by molar-refractivity contribution is -0.00383. The largest absolute Gasteiger partial charge is 0.398 e. The van der Waals surface area contributed by atoms with Gasteiger partial charge in [0.05, 0.1) is 5.60 Å². The maximum Gasteiger partial charge on any atom is 0.0598 e. The van der Waals surface area contributed by atoms with Crippen LogP contribution in [0.3, 0.4) is 0 Å². The molecule has 1 heterocycles. The molecule has 0 unspecified atom stereocenters. The Hall–Kier alpha value is -1.09. The normalized spacial score (nSPS) is 11.7. The van der Waals surface area contributed by atoms with Crippen molar-refractivity contribution in [1.29, 1.82) is 0 Å². The summed E-state index contributed by atoms with van der Waals surface area (Å²) in [7, 11) is 0. The van der Waals surface area contributed by atoms with Gasteiger partial charge in [0, 0.05) is 24.7 Å². The highest BCUT2D eigenvalue weighted by molar-refractivity contribution is 5.44. The highest BCUT2D eigenvalue weighted by Crippen LogP contribution is 2.12. The average Bonchev–Trinajstić information content (AvgIpc) is 2.13. The van der Waals surface area contributed by atoms with Gasteiger partial charge in [-0.1, -0.05) is 0 Å². The van der Waals surface area contributed by atoms with Gasteiger partial charge in [0.25, 0.3) is 0 Å². The van der Waals surface area contributed by atoms with Gasteiger partial charge in [-0.25, -0.2) is 0 Å². The van der Waals surface area contributed by atoms with E-state index in [1.165, 1.54) is 0 Å². The second-order valence-corrected chi connectivity index (χ2v) is 4.64. The molecule has 3 heteroatoms. The van der Waals surface area contributed by atoms with Gasteiger partial charge in [0.2, 0.25) is 0 Å². The van der Waals surface area contributed by atoms with E-state index in [1.807, 2.05) is 12.3 Å². The first-order valence-corrected chi connectivity index (χ1v) is 5.31. The summed E-state index contributed by atoms with van der Waals surface area (Å²) in [5.41, 5.74) is 7.68. The summed E-state index contributed by atoms with van der Waals surface area (Å²) in [6, 6.07) is 1.83. The molecule has 0 aliphatic rings. The maximum atomic E-state index is 5.81. The number of aromatic nitrogens is 1. The van der Waals surface area contributed by atoms with Crippen molar-refractivity contribution in [2.75, 3.05) is 12.3 Å². The van der Waals surface area contributed by atoms with E-state index in [-0.39, 0.29) is 5.60 Å². The van der Waals surface area contributed by atoms with E-state index in [4.69, 9.17) is 10.5 Å². The van der Waals surface area contributed by atoms with Gasteiger partial charge in [-0.2, -0.15) is 0 Å². The van der Waals surface area contributed by atoms with E-state index < -0.39 is 0 Å². The molecule has 1 rings (SSSR count). The molecule has 1 aromatic heterocycles. The quantitative estimate of drug-likeness (QED) is 0.773. The third-order valence-corrected chi connectivity index (χ3v) is 2.07. The van der Waals surface area contributed by atoms with Gasteiger partial charge in [0.15, 0.2) is 0 Å². The number of hydrogen-bond acceptors (Lipinski definition) is 3. The number of rotatable bonds is 4. The van der Waals surface area contributed by atoms with Crippen molar-refractivity contribution in [2.24, 2.45) is 0 Å². The van der Waals surface area contributed by atoms with E-state index in [9.17, 15) is 0 Å². The van der Waals surface area contributed by atoms with Crippen LogP contribution in [0.1, 0.15) is 32.8 Å². The predicted octanol–water partition coefficient (Wildman–Crippen LogP) is 2.41. The topological polar surface area (TPSA) is 48.1 Å². The number of pyridine rings is 1. The van der Waals surface area contributed by atoms with Crippen molar-refractivity contribution in [2.45, 2.75) is 39.2 Å². The number of hydrogen-bond donors (Lipinski definition) is 1. The smallest absolute Gasteiger partial charge is 0.0598 e. The Morgan fingerprint density at radius 1 is 1.40 bits per heavy atom. The molecule has 15 heavy (non-hydrogen) atoms. The molecule has 0 fully saturated rings. The van der Waals surface area contributed by atoms with Gasteiger partial charge in [-0.15, -0.1) is 0 Å². The van der Waals surface area contributed by atoms with Crippen LogP contribution < -0.4 is 5.73 Å². The van der Waals surface area contributed by atoms with E-state index >= 15 is 0 Å². The molecular weight excluding hydrogens is 188 g/mol. The molecule has 2 N–H and O–H groups in total. The maximum absolute atomic E-state index is 5.81. The third-order valence-electron chi connectivity index (χ3n) is 2.07. The molecule has 0 aromatic carbocycles. The molecule has 0 spiro atoms. The predicted molar refractivity (Wildman–Crippen MR) is 62.7 cm³/mol. The van der Waals surface area contributed by atoms with Gasteiger partial charge in [0.1, 0.15) is 0 Å². The Morgan fingerprint density at radius 2 is 2.13 bits per heavy atom. The van der Waals surface area contributed by atoms with Gasteiger partial charge >= 0.3 is 0 Å². The van der Waals surface area contributed by atoms with Crippen LogP contribution in [0.4, 0.5) is 5.69 Å². The zero-order valence-electron chi connectivity index (χ0n) is 9.79. The first-order chi connectivity index (χ1) is 6.99. The number of aryl methyl sites for hydroxylation is 1. The second kappa shape index (κ2) is 5.12. The summed E-state index contributed by atoms with van der Waals surface area (Å²) >= 11 is 0. The molecule has 0 bridgehead atoms. The Balaban J connectivity index is 2.30. The number of ether oxygens (including phenoxy) is 1. The minimum absolute atomic E-state index is 0.0551. The molecule has 0 amide bonds. The standard InChI is InChI=1S/C12H20N2O/c1-12(2,3)15-8-4-5-10-9-14-7-6-11(10)13/h6-7,9H,4-5,8H2,1-3H3,(H2,13,14). The van der Waals surface area contributed by atoms with Crippen molar-refractivity contribution in [3.8, 4) is 0 Å². The summed E-state index contributed by atoms with van der Waals surface area (Å²) in [5, 5.41) is 0. The van der Waals surface area contributed by atoms with Crippen LogP contribution in [0.5, 0.6) is 0 Å². The Kier molecular flexibility index (Phi) is 4.09. The third kappa shape index (κ3) is 4.79. The van der Waals surface area contributed by atoms with E-state index in [0.29, 0.717) is 0 Å². The van der Waals surface area contributed by atoms with Crippen molar-refractivity contribution in [1.82, 2.24) is 4.98 Å². The second-order valence-electron chi connectivity index (χ2n) is 4.64. The molecule has 0 saturated heterocycles. The highest BCUT2D eigenvalue weighted by atomic mass is 16.5. The zero-order chi connectivity index (χ0) is 11.3. The molecule has 0 saturated carbocycles. The highest BCUT2D eigenvalue weighted by Gasteiger charge is 2.09. The lowest BCUT2D eigenvalue weighted by Crippen LogP contribution is -2.20. The summed E-state index contributed by atoms with van der Waals surface area (Å²) < 4.78 is 5.63. The fourth-order valence-electron chi connectivity index (χ4n) is 1.29. The van der Waals surface area contributed by atoms with Crippen LogP contribution in [0.15, 0.2) is 18.5 Å². The molecule has 0 aliphatic heterocycles. The molecular formula is C12H20N2O. The minimum Gasteiger partial charge on any atom is -0.398 e. The lowest BCUT2D eigenvalue weighted by Gasteiger charge is -2.19. The molecule has 3 nitrogen and oxygen atoms in total. The van der Waals surface area contributed by atoms with Crippen LogP contribution in [-0.4, -0.2) is 17.2 Å². The summed E-state index contributed by atoms with van der Waals surface area (Å²) in [6.07, 6.45) is 5.44. The van der Waals surface area contributed by atoms with Crippen molar-refractivity contribution < 1.29 is 4.74 Å². The van der Waals surface area contributed by atoms with Crippen LogP contribution in [0, 0.1) is 0 Å². The van der Waals surface area contributed by atoms with Gasteiger partial charge < -0.3 is 10.5 Å². The number of nitrogen functional groups attached to an aromatic ring is 1. The molecule has 0 aliphatic carbocycles. The average molecular weight is 208 g/mol. The minimum atomic E-state index is -0.0551. The van der Waals surface area contributed by atoms with E-state index in [1.54, 1.807) is 6.20 Å². The van der Waals surface area contributed by atoms with Gasteiger partial charge in [-0.3, -0.25) is 4.98 Å². The monoisotopic (exact) mass is 208 g/mol. The SMILES string of the molecule is CC(C)(C)OCCCc1cnccc1N. The first-order valence-electron chi connectivity index (χ1n) is 5.31.